The van der Waals surface area contributed by atoms with Gasteiger partial charge in [0, 0.05) is 19.2 Å². The SMILES string of the molecule is NC(CNCCC1CCCO1)Cc1ccccc1. The Morgan fingerprint density at radius 2 is 2.17 bits per heavy atom. The monoisotopic (exact) mass is 248 g/mol. The molecule has 1 aliphatic rings. The van der Waals surface area contributed by atoms with Crippen molar-refractivity contribution < 1.29 is 4.74 Å². The highest BCUT2D eigenvalue weighted by atomic mass is 16.5. The van der Waals surface area contributed by atoms with Gasteiger partial charge in [-0.25, -0.2) is 0 Å². The van der Waals surface area contributed by atoms with Crippen LogP contribution in [0.2, 0.25) is 0 Å². The third kappa shape index (κ3) is 4.77. The summed E-state index contributed by atoms with van der Waals surface area (Å²) in [5, 5.41) is 3.43. The average Bonchev–Trinajstić information content (AvgIpc) is 2.89. The van der Waals surface area contributed by atoms with E-state index in [1.54, 1.807) is 0 Å². The minimum Gasteiger partial charge on any atom is -0.378 e. The Kier molecular flexibility index (Phi) is 5.65. The van der Waals surface area contributed by atoms with E-state index in [0.29, 0.717) is 6.10 Å². The van der Waals surface area contributed by atoms with Gasteiger partial charge >= 0.3 is 0 Å². The molecule has 0 radical (unpaired) electrons. The molecule has 0 amide bonds. The Balaban J connectivity index is 1.55. The molecule has 2 rings (SSSR count). The summed E-state index contributed by atoms with van der Waals surface area (Å²) in [6, 6.07) is 10.6. The van der Waals surface area contributed by atoms with Crippen LogP contribution in [0, 0.1) is 0 Å². The highest BCUT2D eigenvalue weighted by Gasteiger charge is 2.14. The summed E-state index contributed by atoms with van der Waals surface area (Å²) in [7, 11) is 0. The van der Waals surface area contributed by atoms with Crippen LogP contribution < -0.4 is 11.1 Å². The van der Waals surface area contributed by atoms with Crippen LogP contribution in [-0.4, -0.2) is 31.8 Å². The molecule has 1 aromatic rings. The fourth-order valence-electron chi connectivity index (χ4n) is 2.41. The molecule has 100 valence electrons. The van der Waals surface area contributed by atoms with Gasteiger partial charge in [0.15, 0.2) is 0 Å². The van der Waals surface area contributed by atoms with Crippen molar-refractivity contribution in [3.63, 3.8) is 0 Å². The molecule has 0 aliphatic carbocycles. The summed E-state index contributed by atoms with van der Waals surface area (Å²) < 4.78 is 5.58. The van der Waals surface area contributed by atoms with E-state index in [9.17, 15) is 0 Å². The molecule has 0 bridgehead atoms. The lowest BCUT2D eigenvalue weighted by Gasteiger charge is -2.14. The van der Waals surface area contributed by atoms with E-state index < -0.39 is 0 Å². The minimum atomic E-state index is 0.192. The molecule has 1 heterocycles. The Bertz CT molecular complexity index is 323. The van der Waals surface area contributed by atoms with Crippen molar-refractivity contribution in [2.75, 3.05) is 19.7 Å². The van der Waals surface area contributed by atoms with Gasteiger partial charge in [0.1, 0.15) is 0 Å². The number of rotatable bonds is 7. The molecule has 0 spiro atoms. The third-order valence-corrected chi connectivity index (χ3v) is 3.41. The maximum atomic E-state index is 6.11. The van der Waals surface area contributed by atoms with Crippen molar-refractivity contribution >= 4 is 0 Å². The molecule has 2 unspecified atom stereocenters. The van der Waals surface area contributed by atoms with E-state index in [1.165, 1.54) is 18.4 Å². The lowest BCUT2D eigenvalue weighted by Crippen LogP contribution is -2.36. The van der Waals surface area contributed by atoms with Gasteiger partial charge in [-0.3, -0.25) is 0 Å². The van der Waals surface area contributed by atoms with Gasteiger partial charge in [-0.2, -0.15) is 0 Å². The molecule has 3 heteroatoms. The summed E-state index contributed by atoms with van der Waals surface area (Å²) >= 11 is 0. The number of hydrogen-bond acceptors (Lipinski definition) is 3. The van der Waals surface area contributed by atoms with Crippen molar-refractivity contribution in [2.24, 2.45) is 5.73 Å². The topological polar surface area (TPSA) is 47.3 Å². The minimum absolute atomic E-state index is 0.192. The summed E-state index contributed by atoms with van der Waals surface area (Å²) in [5.74, 6) is 0. The zero-order chi connectivity index (χ0) is 12.6. The van der Waals surface area contributed by atoms with Crippen LogP contribution in [0.25, 0.3) is 0 Å². The zero-order valence-electron chi connectivity index (χ0n) is 11.0. The van der Waals surface area contributed by atoms with Crippen molar-refractivity contribution in [1.29, 1.82) is 0 Å². The van der Waals surface area contributed by atoms with Crippen LogP contribution in [0.3, 0.4) is 0 Å². The van der Waals surface area contributed by atoms with Gasteiger partial charge in [0.05, 0.1) is 6.10 Å². The molecule has 0 aromatic heterocycles. The lowest BCUT2D eigenvalue weighted by atomic mass is 10.1. The van der Waals surface area contributed by atoms with Crippen LogP contribution in [0.15, 0.2) is 30.3 Å². The summed E-state index contributed by atoms with van der Waals surface area (Å²) in [4.78, 5) is 0. The second-order valence-electron chi connectivity index (χ2n) is 5.08. The normalized spacial score (nSPS) is 21.1. The molecule has 1 aliphatic heterocycles. The van der Waals surface area contributed by atoms with E-state index in [-0.39, 0.29) is 6.04 Å². The second-order valence-corrected chi connectivity index (χ2v) is 5.08. The van der Waals surface area contributed by atoms with E-state index in [0.717, 1.165) is 32.5 Å². The number of nitrogens with one attached hydrogen (secondary N) is 1. The van der Waals surface area contributed by atoms with Crippen molar-refractivity contribution in [3.8, 4) is 0 Å². The molecule has 0 saturated carbocycles. The van der Waals surface area contributed by atoms with Gasteiger partial charge in [0.2, 0.25) is 0 Å². The van der Waals surface area contributed by atoms with Gasteiger partial charge < -0.3 is 15.8 Å². The Morgan fingerprint density at radius 1 is 1.33 bits per heavy atom. The zero-order valence-corrected chi connectivity index (χ0v) is 11.0. The van der Waals surface area contributed by atoms with Gasteiger partial charge in [0.25, 0.3) is 0 Å². The smallest absolute Gasteiger partial charge is 0.0588 e. The molecule has 1 fully saturated rings. The highest BCUT2D eigenvalue weighted by Crippen LogP contribution is 2.14. The highest BCUT2D eigenvalue weighted by molar-refractivity contribution is 5.15. The molecule has 2 atom stereocenters. The fourth-order valence-corrected chi connectivity index (χ4v) is 2.41. The summed E-state index contributed by atoms with van der Waals surface area (Å²) in [6.45, 7) is 2.83. The molecule has 1 saturated heterocycles. The molecule has 18 heavy (non-hydrogen) atoms. The number of ether oxygens (including phenoxy) is 1. The third-order valence-electron chi connectivity index (χ3n) is 3.41. The quantitative estimate of drug-likeness (QED) is 0.722. The lowest BCUT2D eigenvalue weighted by molar-refractivity contribution is 0.104. The maximum Gasteiger partial charge on any atom is 0.0588 e. The Morgan fingerprint density at radius 3 is 2.89 bits per heavy atom. The van der Waals surface area contributed by atoms with Crippen molar-refractivity contribution in [3.05, 3.63) is 35.9 Å². The predicted octanol–water partition coefficient (Wildman–Crippen LogP) is 1.72. The summed E-state index contributed by atoms with van der Waals surface area (Å²) in [6.07, 6.45) is 4.96. The summed E-state index contributed by atoms with van der Waals surface area (Å²) in [5.41, 5.74) is 7.42. The van der Waals surface area contributed by atoms with Crippen molar-refractivity contribution in [2.45, 2.75) is 37.8 Å². The first-order chi connectivity index (χ1) is 8.84. The van der Waals surface area contributed by atoms with E-state index in [2.05, 4.69) is 29.6 Å². The first kappa shape index (κ1) is 13.5. The van der Waals surface area contributed by atoms with Gasteiger partial charge in [-0.15, -0.1) is 0 Å². The first-order valence-corrected chi connectivity index (χ1v) is 6.96. The van der Waals surface area contributed by atoms with Crippen molar-refractivity contribution in [1.82, 2.24) is 5.32 Å². The van der Waals surface area contributed by atoms with E-state index >= 15 is 0 Å². The van der Waals surface area contributed by atoms with Crippen LogP contribution in [-0.2, 0) is 11.2 Å². The van der Waals surface area contributed by atoms with Gasteiger partial charge in [-0.05, 0) is 37.8 Å². The maximum absolute atomic E-state index is 6.11. The molecular formula is C15H24N2O. The molecular weight excluding hydrogens is 224 g/mol. The fraction of sp³-hybridized carbons (Fsp3) is 0.600. The average molecular weight is 248 g/mol. The largest absolute Gasteiger partial charge is 0.378 e. The number of benzene rings is 1. The molecule has 3 nitrogen and oxygen atoms in total. The second kappa shape index (κ2) is 7.52. The number of hydrogen-bond donors (Lipinski definition) is 2. The molecule has 3 N–H and O–H groups in total. The van der Waals surface area contributed by atoms with E-state index in [1.807, 2.05) is 6.07 Å². The van der Waals surface area contributed by atoms with Crippen LogP contribution in [0.1, 0.15) is 24.8 Å². The predicted molar refractivity (Wildman–Crippen MR) is 74.6 cm³/mol. The Labute approximate surface area is 110 Å². The van der Waals surface area contributed by atoms with Crippen LogP contribution in [0.5, 0.6) is 0 Å². The standard InChI is InChI=1S/C15H24N2O/c16-14(11-13-5-2-1-3-6-13)12-17-9-8-15-7-4-10-18-15/h1-3,5-6,14-15,17H,4,7-12,16H2. The van der Waals surface area contributed by atoms with E-state index in [4.69, 9.17) is 10.5 Å². The van der Waals surface area contributed by atoms with Gasteiger partial charge in [-0.1, -0.05) is 30.3 Å². The molecule has 1 aromatic carbocycles. The Hall–Kier alpha value is -0.900. The van der Waals surface area contributed by atoms with Crippen LogP contribution >= 0.6 is 0 Å². The first-order valence-electron chi connectivity index (χ1n) is 6.96. The van der Waals surface area contributed by atoms with Crippen LogP contribution in [0.4, 0.5) is 0 Å². The number of nitrogens with two attached hydrogens (primary N) is 1.